The highest BCUT2D eigenvalue weighted by Gasteiger charge is 2.11. The summed E-state index contributed by atoms with van der Waals surface area (Å²) in [6, 6.07) is 10.8. The number of hydrogen-bond donors (Lipinski definition) is 1. The molecule has 1 aromatic carbocycles. The number of furan rings is 1. The first-order chi connectivity index (χ1) is 10.1. The molecule has 2 rings (SSSR count). The molecule has 1 aromatic heterocycles. The van der Waals surface area contributed by atoms with Crippen LogP contribution in [0.5, 0.6) is 0 Å². The Labute approximate surface area is 133 Å². The molecule has 2 aromatic rings. The molecule has 110 valence electrons. The summed E-state index contributed by atoms with van der Waals surface area (Å²) in [7, 11) is 0. The van der Waals surface area contributed by atoms with E-state index in [-0.39, 0.29) is 12.4 Å². The van der Waals surface area contributed by atoms with Gasteiger partial charge in [0, 0.05) is 13.1 Å². The van der Waals surface area contributed by atoms with Crippen LogP contribution in [0.15, 0.2) is 34.7 Å². The van der Waals surface area contributed by atoms with Gasteiger partial charge in [0.2, 0.25) is 5.76 Å². The molecule has 0 amide bonds. The predicted octanol–water partition coefficient (Wildman–Crippen LogP) is 3.45. The summed E-state index contributed by atoms with van der Waals surface area (Å²) in [6.45, 7) is 1.62. The fourth-order valence-corrected chi connectivity index (χ4v) is 2.32. The Morgan fingerprint density at radius 2 is 1.95 bits per heavy atom. The minimum Gasteiger partial charge on any atom is -0.449 e. The second-order valence-corrected chi connectivity index (χ2v) is 5.37. The Kier molecular flexibility index (Phi) is 5.66. The van der Waals surface area contributed by atoms with Gasteiger partial charge in [-0.2, -0.15) is 5.26 Å². The summed E-state index contributed by atoms with van der Waals surface area (Å²) < 4.78 is 5.36. The van der Waals surface area contributed by atoms with Crippen molar-refractivity contribution in [1.29, 1.82) is 5.26 Å². The van der Waals surface area contributed by atoms with Crippen LogP contribution in [0.2, 0.25) is 10.0 Å². The summed E-state index contributed by atoms with van der Waals surface area (Å²) >= 11 is 11.9. The molecule has 6 heteroatoms. The van der Waals surface area contributed by atoms with E-state index in [1.54, 1.807) is 24.3 Å². The Bertz CT molecular complexity index is 649. The zero-order valence-corrected chi connectivity index (χ0v) is 12.7. The lowest BCUT2D eigenvalue weighted by atomic mass is 10.2. The predicted molar refractivity (Wildman–Crippen MR) is 81.1 cm³/mol. The van der Waals surface area contributed by atoms with Crippen LogP contribution in [-0.2, 0) is 13.1 Å². The third kappa shape index (κ3) is 4.48. The van der Waals surface area contributed by atoms with Gasteiger partial charge in [-0.25, -0.2) is 0 Å². The number of benzene rings is 1. The molecule has 0 saturated heterocycles. The quantitative estimate of drug-likeness (QED) is 0.884. The minimum atomic E-state index is 0.0349. The van der Waals surface area contributed by atoms with E-state index in [2.05, 4.69) is 0 Å². The van der Waals surface area contributed by atoms with Crippen LogP contribution in [0.3, 0.4) is 0 Å². The van der Waals surface area contributed by atoms with E-state index in [9.17, 15) is 5.11 Å². The second kappa shape index (κ2) is 7.48. The summed E-state index contributed by atoms with van der Waals surface area (Å²) in [4.78, 5) is 2.00. The maximum absolute atomic E-state index is 9.17. The highest BCUT2D eigenvalue weighted by atomic mass is 35.5. The molecule has 0 bridgehead atoms. The standard InChI is InChI=1S/C15H14Cl2N2O2/c16-14-4-1-11(7-15(14)17)9-19(5-6-20)10-13-3-2-12(8-18)21-13/h1-4,7,20H,5-6,9-10H2. The van der Waals surface area contributed by atoms with E-state index >= 15 is 0 Å². The molecule has 0 unspecified atom stereocenters. The van der Waals surface area contributed by atoms with Crippen molar-refractivity contribution in [2.24, 2.45) is 0 Å². The van der Waals surface area contributed by atoms with Crippen molar-refractivity contribution in [2.75, 3.05) is 13.2 Å². The molecule has 0 spiro atoms. The number of nitriles is 1. The minimum absolute atomic E-state index is 0.0349. The molecule has 0 radical (unpaired) electrons. The van der Waals surface area contributed by atoms with E-state index < -0.39 is 0 Å². The molecule has 0 aliphatic carbocycles. The molecule has 1 N–H and O–H groups in total. The van der Waals surface area contributed by atoms with Crippen molar-refractivity contribution in [3.8, 4) is 6.07 Å². The molecule has 21 heavy (non-hydrogen) atoms. The number of hydrogen-bond acceptors (Lipinski definition) is 4. The summed E-state index contributed by atoms with van der Waals surface area (Å²) in [6.07, 6.45) is 0. The third-order valence-corrected chi connectivity index (χ3v) is 3.70. The van der Waals surface area contributed by atoms with Crippen molar-refractivity contribution in [3.05, 3.63) is 57.5 Å². The Morgan fingerprint density at radius 3 is 2.57 bits per heavy atom. The zero-order valence-electron chi connectivity index (χ0n) is 11.2. The van der Waals surface area contributed by atoms with E-state index in [0.29, 0.717) is 35.4 Å². The highest BCUT2D eigenvalue weighted by Crippen LogP contribution is 2.23. The van der Waals surface area contributed by atoms with Crippen LogP contribution in [0.4, 0.5) is 0 Å². The lowest BCUT2D eigenvalue weighted by Crippen LogP contribution is -2.25. The van der Waals surface area contributed by atoms with Crippen LogP contribution in [0, 0.1) is 11.3 Å². The normalized spacial score (nSPS) is 10.8. The molecule has 0 aliphatic heterocycles. The van der Waals surface area contributed by atoms with Crippen molar-refractivity contribution in [1.82, 2.24) is 4.90 Å². The summed E-state index contributed by atoms with van der Waals surface area (Å²) in [5.74, 6) is 0.962. The van der Waals surface area contributed by atoms with Gasteiger partial charge in [0.25, 0.3) is 0 Å². The summed E-state index contributed by atoms with van der Waals surface area (Å²) in [5.41, 5.74) is 0.991. The second-order valence-electron chi connectivity index (χ2n) is 4.56. The fourth-order valence-electron chi connectivity index (χ4n) is 1.99. The first-order valence-corrected chi connectivity index (χ1v) is 7.14. The number of aliphatic hydroxyl groups excluding tert-OH is 1. The molecule has 0 fully saturated rings. The van der Waals surface area contributed by atoms with Crippen LogP contribution < -0.4 is 0 Å². The largest absolute Gasteiger partial charge is 0.449 e. The number of rotatable bonds is 6. The highest BCUT2D eigenvalue weighted by molar-refractivity contribution is 6.42. The third-order valence-electron chi connectivity index (χ3n) is 2.96. The molecule has 4 nitrogen and oxygen atoms in total. The monoisotopic (exact) mass is 324 g/mol. The molecule has 0 atom stereocenters. The van der Waals surface area contributed by atoms with Gasteiger partial charge in [0.15, 0.2) is 0 Å². The summed E-state index contributed by atoms with van der Waals surface area (Å²) in [5, 5.41) is 18.9. The van der Waals surface area contributed by atoms with E-state index in [0.717, 1.165) is 5.56 Å². The fraction of sp³-hybridized carbons (Fsp3) is 0.267. The van der Waals surface area contributed by atoms with Gasteiger partial charge in [0.1, 0.15) is 11.8 Å². The smallest absolute Gasteiger partial charge is 0.203 e. The van der Waals surface area contributed by atoms with Gasteiger partial charge in [-0.05, 0) is 29.8 Å². The van der Waals surface area contributed by atoms with Gasteiger partial charge in [-0.15, -0.1) is 0 Å². The topological polar surface area (TPSA) is 60.4 Å². The molecule has 0 saturated carbocycles. The Balaban J connectivity index is 2.07. The van der Waals surface area contributed by atoms with E-state index in [1.165, 1.54) is 0 Å². The first kappa shape index (κ1) is 15.9. The van der Waals surface area contributed by atoms with Gasteiger partial charge >= 0.3 is 0 Å². The van der Waals surface area contributed by atoms with E-state index in [1.807, 2.05) is 17.0 Å². The SMILES string of the molecule is N#Cc1ccc(CN(CCO)Cc2ccc(Cl)c(Cl)c2)o1. The molecular formula is C15H14Cl2N2O2. The van der Waals surface area contributed by atoms with Crippen molar-refractivity contribution in [3.63, 3.8) is 0 Å². The Morgan fingerprint density at radius 1 is 1.14 bits per heavy atom. The van der Waals surface area contributed by atoms with Crippen molar-refractivity contribution >= 4 is 23.2 Å². The van der Waals surface area contributed by atoms with Gasteiger partial charge in [0.05, 0.1) is 23.2 Å². The Hall–Kier alpha value is -1.51. The molecule has 0 aliphatic rings. The zero-order chi connectivity index (χ0) is 15.2. The van der Waals surface area contributed by atoms with Crippen LogP contribution >= 0.6 is 23.2 Å². The van der Waals surface area contributed by atoms with Gasteiger partial charge in [-0.1, -0.05) is 29.3 Å². The van der Waals surface area contributed by atoms with E-state index in [4.69, 9.17) is 32.9 Å². The molecular weight excluding hydrogens is 311 g/mol. The first-order valence-electron chi connectivity index (χ1n) is 6.38. The van der Waals surface area contributed by atoms with Crippen molar-refractivity contribution in [2.45, 2.75) is 13.1 Å². The van der Waals surface area contributed by atoms with Gasteiger partial charge in [-0.3, -0.25) is 4.90 Å². The van der Waals surface area contributed by atoms with Gasteiger partial charge < -0.3 is 9.52 Å². The lowest BCUT2D eigenvalue weighted by Gasteiger charge is -2.20. The van der Waals surface area contributed by atoms with Crippen molar-refractivity contribution < 1.29 is 9.52 Å². The average molecular weight is 325 g/mol. The van der Waals surface area contributed by atoms with Crippen LogP contribution in [0.25, 0.3) is 0 Å². The number of nitrogens with zero attached hydrogens (tertiary/aromatic N) is 2. The van der Waals surface area contributed by atoms with Crippen LogP contribution in [0.1, 0.15) is 17.1 Å². The number of halogens is 2. The number of aliphatic hydroxyl groups is 1. The lowest BCUT2D eigenvalue weighted by molar-refractivity contribution is 0.174. The van der Waals surface area contributed by atoms with Crippen LogP contribution in [-0.4, -0.2) is 23.2 Å². The average Bonchev–Trinajstić information content (AvgIpc) is 2.91. The molecule has 1 heterocycles. The maximum Gasteiger partial charge on any atom is 0.203 e. The maximum atomic E-state index is 9.17.